The summed E-state index contributed by atoms with van der Waals surface area (Å²) in [5, 5.41) is 11.7. The first-order valence-corrected chi connectivity index (χ1v) is 26.5. The summed E-state index contributed by atoms with van der Waals surface area (Å²) in [6, 6.07) is 97.8. The minimum atomic E-state index is -0.671. The summed E-state index contributed by atoms with van der Waals surface area (Å²) < 4.78 is 13.1. The Morgan fingerprint density at radius 3 is 1.29 bits per heavy atom. The Hall–Kier alpha value is -10.2. The summed E-state index contributed by atoms with van der Waals surface area (Å²) in [5.74, 6) is 0. The largest absolute Gasteiger partial charge is 0.456 e. The van der Waals surface area contributed by atoms with Gasteiger partial charge < -0.3 is 18.6 Å². The number of benzene rings is 13. The quantitative estimate of drug-likeness (QED) is 0.155. The molecule has 0 unspecified atom stereocenters. The molecular formula is C73H44N2O2. The number of fused-ring (bicyclic) bond motifs is 23. The smallest absolute Gasteiger partial charge is 0.137 e. The summed E-state index contributed by atoms with van der Waals surface area (Å²) in [5.41, 5.74) is 19.5. The van der Waals surface area contributed by atoms with E-state index < -0.39 is 5.41 Å². The number of hydrogen-bond acceptors (Lipinski definition) is 4. The van der Waals surface area contributed by atoms with Crippen LogP contribution in [0.1, 0.15) is 22.3 Å². The highest BCUT2D eigenvalue weighted by molar-refractivity contribution is 6.23. The molecule has 0 saturated carbocycles. The molecule has 0 radical (unpaired) electrons. The maximum atomic E-state index is 6.61. The van der Waals surface area contributed by atoms with Crippen molar-refractivity contribution in [1.82, 2.24) is 0 Å². The Morgan fingerprint density at radius 1 is 0.247 bits per heavy atom. The molecule has 2 heterocycles. The second-order valence-electron chi connectivity index (χ2n) is 20.6. The van der Waals surface area contributed by atoms with Gasteiger partial charge in [-0.15, -0.1) is 0 Å². The minimum absolute atomic E-state index is 0.671. The standard InChI is InChI=1S/C73H44N2O2/c1-3-19-45(20-4-1)74(48-35-38-56-54-27-13-17-33-66(54)76-68(56)42-48)47-37-40-60-61(41-47)50-23-7-9-29-58(50)70-62-44-65(75(46-21-5-2-6-22-46)49-36-39-57-55-28-14-18-34-67(55)77-69(57)43-49)53-26-8-10-30-59(53)71(62)73(72(60)70)63-31-15-11-24-51(63)52-25-12-16-32-64(52)73/h1-44H. The Balaban J connectivity index is 0.981. The number of anilines is 6. The summed E-state index contributed by atoms with van der Waals surface area (Å²) in [7, 11) is 0. The van der Waals surface area contributed by atoms with Crippen LogP contribution in [-0.4, -0.2) is 0 Å². The second kappa shape index (κ2) is 15.9. The molecule has 0 aliphatic heterocycles. The third-order valence-electron chi connectivity index (χ3n) is 16.8. The zero-order valence-electron chi connectivity index (χ0n) is 41.6. The van der Waals surface area contributed by atoms with Crippen molar-refractivity contribution in [3.05, 3.63) is 289 Å². The van der Waals surface area contributed by atoms with E-state index in [9.17, 15) is 0 Å². The first-order chi connectivity index (χ1) is 38.2. The van der Waals surface area contributed by atoms with E-state index in [1.54, 1.807) is 0 Å². The molecule has 13 aromatic carbocycles. The molecule has 77 heavy (non-hydrogen) atoms. The minimum Gasteiger partial charge on any atom is -0.456 e. The van der Waals surface area contributed by atoms with Crippen LogP contribution in [0.3, 0.4) is 0 Å². The molecule has 0 bridgehead atoms. The fourth-order valence-corrected chi connectivity index (χ4v) is 13.8. The van der Waals surface area contributed by atoms with Crippen LogP contribution in [0.25, 0.3) is 98.4 Å². The highest BCUT2D eigenvalue weighted by atomic mass is 16.3. The van der Waals surface area contributed by atoms with E-state index in [2.05, 4.69) is 265 Å². The first kappa shape index (κ1) is 42.2. The molecule has 358 valence electrons. The van der Waals surface area contributed by atoms with Gasteiger partial charge in [0.2, 0.25) is 0 Å². The van der Waals surface area contributed by atoms with Crippen LogP contribution in [0, 0.1) is 0 Å². The molecule has 2 aliphatic carbocycles. The fourth-order valence-electron chi connectivity index (χ4n) is 13.8. The number of para-hydroxylation sites is 4. The van der Waals surface area contributed by atoms with Gasteiger partial charge >= 0.3 is 0 Å². The van der Waals surface area contributed by atoms with Crippen LogP contribution in [0.15, 0.2) is 276 Å². The lowest BCUT2D eigenvalue weighted by molar-refractivity contribution is 0.668. The zero-order valence-corrected chi connectivity index (χ0v) is 41.6. The predicted octanol–water partition coefficient (Wildman–Crippen LogP) is 20.2. The van der Waals surface area contributed by atoms with Crippen LogP contribution in [0.5, 0.6) is 0 Å². The molecule has 1 spiro atoms. The topological polar surface area (TPSA) is 32.8 Å². The van der Waals surface area contributed by atoms with Crippen molar-refractivity contribution in [1.29, 1.82) is 0 Å². The van der Waals surface area contributed by atoms with E-state index in [4.69, 9.17) is 8.83 Å². The maximum absolute atomic E-state index is 6.61. The van der Waals surface area contributed by atoms with E-state index in [1.807, 2.05) is 12.1 Å². The van der Waals surface area contributed by atoms with Crippen LogP contribution in [0.2, 0.25) is 0 Å². The van der Waals surface area contributed by atoms with Gasteiger partial charge in [0.15, 0.2) is 0 Å². The van der Waals surface area contributed by atoms with Gasteiger partial charge in [-0.25, -0.2) is 0 Å². The van der Waals surface area contributed by atoms with Gasteiger partial charge in [0.05, 0.1) is 11.1 Å². The SMILES string of the molecule is c1ccc(N(c2ccc3c(c2)oc2ccccc23)c2ccc3c4c(c5ccccc5c3c2)-c2cc(N(c3ccccc3)c3ccc5c(c3)oc3ccccc35)c3ccccc3c2C42c3ccccc3-c3ccccc32)cc1. The van der Waals surface area contributed by atoms with Gasteiger partial charge in [0.1, 0.15) is 22.3 Å². The lowest BCUT2D eigenvalue weighted by Gasteiger charge is -2.34. The third kappa shape index (κ3) is 5.81. The summed E-state index contributed by atoms with van der Waals surface area (Å²) in [6.07, 6.45) is 0. The van der Waals surface area contributed by atoms with Crippen LogP contribution in [-0.2, 0) is 5.41 Å². The Bertz CT molecular complexity index is 4910. The van der Waals surface area contributed by atoms with Gasteiger partial charge in [-0.3, -0.25) is 0 Å². The molecule has 17 rings (SSSR count). The Labute approximate surface area is 443 Å². The molecular weight excluding hydrogens is 937 g/mol. The van der Waals surface area contributed by atoms with Gasteiger partial charge in [-0.05, 0) is 150 Å². The fraction of sp³-hybridized carbons (Fsp3) is 0.0137. The normalized spacial score (nSPS) is 13.0. The molecule has 0 saturated heterocycles. The number of hydrogen-bond donors (Lipinski definition) is 0. The molecule has 2 aromatic heterocycles. The number of rotatable bonds is 6. The van der Waals surface area contributed by atoms with E-state index in [0.29, 0.717) is 0 Å². The number of furan rings is 2. The summed E-state index contributed by atoms with van der Waals surface area (Å²) in [4.78, 5) is 4.81. The van der Waals surface area contributed by atoms with Gasteiger partial charge in [-0.2, -0.15) is 0 Å². The average Bonchev–Trinajstić information content (AvgIpc) is 4.00. The van der Waals surface area contributed by atoms with E-state index in [0.717, 1.165) is 78.0 Å². The van der Waals surface area contributed by atoms with E-state index in [1.165, 1.54) is 76.8 Å². The van der Waals surface area contributed by atoms with Crippen LogP contribution < -0.4 is 9.80 Å². The Morgan fingerprint density at radius 2 is 0.675 bits per heavy atom. The molecule has 4 nitrogen and oxygen atoms in total. The van der Waals surface area contributed by atoms with E-state index >= 15 is 0 Å². The first-order valence-electron chi connectivity index (χ1n) is 26.5. The van der Waals surface area contributed by atoms with Crippen LogP contribution >= 0.6 is 0 Å². The number of nitrogens with zero attached hydrogens (tertiary/aromatic N) is 2. The van der Waals surface area contributed by atoms with E-state index in [-0.39, 0.29) is 0 Å². The molecule has 15 aromatic rings. The van der Waals surface area contributed by atoms with Crippen molar-refractivity contribution in [2.45, 2.75) is 5.41 Å². The molecule has 0 N–H and O–H groups in total. The molecule has 0 amide bonds. The molecule has 0 fully saturated rings. The van der Waals surface area contributed by atoms with Crippen molar-refractivity contribution in [3.63, 3.8) is 0 Å². The monoisotopic (exact) mass is 980 g/mol. The van der Waals surface area contributed by atoms with Crippen molar-refractivity contribution in [3.8, 4) is 22.3 Å². The van der Waals surface area contributed by atoms with Gasteiger partial charge in [-0.1, -0.05) is 176 Å². The van der Waals surface area contributed by atoms with Gasteiger partial charge in [0.25, 0.3) is 0 Å². The average molecular weight is 981 g/mol. The van der Waals surface area contributed by atoms with Crippen molar-refractivity contribution in [2.75, 3.05) is 9.80 Å². The van der Waals surface area contributed by atoms with Crippen molar-refractivity contribution in [2.24, 2.45) is 0 Å². The Kier molecular flexibility index (Phi) is 8.73. The van der Waals surface area contributed by atoms with Crippen molar-refractivity contribution >= 4 is 110 Å². The molecule has 4 heteroatoms. The highest BCUT2D eigenvalue weighted by Crippen LogP contribution is 2.67. The second-order valence-corrected chi connectivity index (χ2v) is 20.6. The summed E-state index contributed by atoms with van der Waals surface area (Å²) in [6.45, 7) is 0. The molecule has 2 aliphatic rings. The highest BCUT2D eigenvalue weighted by Gasteiger charge is 2.54. The zero-order chi connectivity index (χ0) is 50.3. The van der Waals surface area contributed by atoms with Gasteiger partial charge in [0, 0.05) is 67.5 Å². The lowest BCUT2D eigenvalue weighted by Crippen LogP contribution is -2.26. The molecule has 0 atom stereocenters. The van der Waals surface area contributed by atoms with Crippen LogP contribution in [0.4, 0.5) is 34.1 Å². The third-order valence-corrected chi connectivity index (χ3v) is 16.8. The predicted molar refractivity (Wildman–Crippen MR) is 319 cm³/mol. The van der Waals surface area contributed by atoms with Crippen molar-refractivity contribution < 1.29 is 8.83 Å². The lowest BCUT2D eigenvalue weighted by atomic mass is 9.68. The summed E-state index contributed by atoms with van der Waals surface area (Å²) >= 11 is 0. The maximum Gasteiger partial charge on any atom is 0.137 e.